The molecule has 0 rings (SSSR count). The van der Waals surface area contributed by atoms with Gasteiger partial charge in [0, 0.05) is 12.8 Å². The molecule has 0 aliphatic heterocycles. The van der Waals surface area contributed by atoms with Crippen molar-refractivity contribution in [3.05, 3.63) is 60.8 Å². The largest absolute Gasteiger partial charge is 0.545 e. The van der Waals surface area contributed by atoms with Crippen LogP contribution >= 0.6 is 0 Å². The molecule has 0 heterocycles. The lowest BCUT2D eigenvalue weighted by Gasteiger charge is -2.26. The van der Waals surface area contributed by atoms with E-state index >= 15 is 0 Å². The van der Waals surface area contributed by atoms with Gasteiger partial charge in [0.25, 0.3) is 0 Å². The van der Waals surface area contributed by atoms with Gasteiger partial charge < -0.3 is 33.3 Å². The van der Waals surface area contributed by atoms with Gasteiger partial charge in [0.05, 0.1) is 40.3 Å². The Labute approximate surface area is 348 Å². The molecular formula is C48H83NO8. The van der Waals surface area contributed by atoms with Gasteiger partial charge in [-0.2, -0.15) is 0 Å². The van der Waals surface area contributed by atoms with Gasteiger partial charge in [0.1, 0.15) is 13.2 Å². The van der Waals surface area contributed by atoms with Crippen molar-refractivity contribution in [1.29, 1.82) is 0 Å². The number of likely N-dealkylation sites (N-methyl/N-ethyl adjacent to an activating group) is 1. The van der Waals surface area contributed by atoms with E-state index < -0.39 is 24.3 Å². The lowest BCUT2D eigenvalue weighted by atomic mass is 10.1. The normalized spacial score (nSPS) is 13.5. The second-order valence-electron chi connectivity index (χ2n) is 16.0. The van der Waals surface area contributed by atoms with Crippen molar-refractivity contribution in [2.45, 2.75) is 180 Å². The first-order chi connectivity index (χ1) is 27.6. The Morgan fingerprint density at radius 2 is 1.00 bits per heavy atom. The third kappa shape index (κ3) is 41.0. The lowest BCUT2D eigenvalue weighted by Crippen LogP contribution is -2.44. The monoisotopic (exact) mass is 802 g/mol. The van der Waals surface area contributed by atoms with Gasteiger partial charge in [-0.05, 0) is 57.8 Å². The molecule has 9 heteroatoms. The molecular weight excluding hydrogens is 719 g/mol. The molecule has 0 bridgehead atoms. The Kier molecular flexibility index (Phi) is 37.7. The van der Waals surface area contributed by atoms with Crippen LogP contribution in [-0.2, 0) is 33.3 Å². The highest BCUT2D eigenvalue weighted by molar-refractivity contribution is 5.70. The number of allylic oxidation sites excluding steroid dienone is 10. The third-order valence-corrected chi connectivity index (χ3v) is 9.28. The molecule has 57 heavy (non-hydrogen) atoms. The van der Waals surface area contributed by atoms with Gasteiger partial charge in [-0.25, -0.2) is 0 Å². The minimum absolute atomic E-state index is 0.145. The maximum atomic E-state index is 12.7. The summed E-state index contributed by atoms with van der Waals surface area (Å²) in [5.74, 6) is -2.31. The second-order valence-corrected chi connectivity index (χ2v) is 16.0. The highest BCUT2D eigenvalue weighted by atomic mass is 16.7. The summed E-state index contributed by atoms with van der Waals surface area (Å²) in [6.45, 7) is 4.55. The number of rotatable bonds is 40. The molecule has 0 N–H and O–H groups in total. The van der Waals surface area contributed by atoms with Crippen LogP contribution in [0.2, 0.25) is 0 Å². The molecule has 0 aliphatic rings. The summed E-state index contributed by atoms with van der Waals surface area (Å²) >= 11 is 0. The lowest BCUT2D eigenvalue weighted by molar-refractivity contribution is -0.870. The number of hydrogen-bond donors (Lipinski definition) is 0. The molecule has 9 nitrogen and oxygen atoms in total. The number of carboxylic acid groups (broad SMARTS) is 1. The first-order valence-electron chi connectivity index (χ1n) is 22.4. The van der Waals surface area contributed by atoms with Crippen molar-refractivity contribution in [2.75, 3.05) is 47.5 Å². The SMILES string of the molecule is CC/C=C\C/C=C\C/C=C\C/C=C\C/C=C\CCCCCCCCCCCC(=O)OC(COC(=O)CCCCCCCCC)COC(OCC[N+](C)(C)C)C(=O)[O-]. The first-order valence-corrected chi connectivity index (χ1v) is 22.4. The summed E-state index contributed by atoms with van der Waals surface area (Å²) in [6.07, 6.45) is 44.2. The van der Waals surface area contributed by atoms with Gasteiger partial charge in [0.15, 0.2) is 12.4 Å². The highest BCUT2D eigenvalue weighted by Crippen LogP contribution is 2.14. The van der Waals surface area contributed by atoms with Crippen LogP contribution in [0.5, 0.6) is 0 Å². The van der Waals surface area contributed by atoms with E-state index in [1.807, 2.05) is 21.1 Å². The Morgan fingerprint density at radius 1 is 0.544 bits per heavy atom. The Balaban J connectivity index is 4.26. The molecule has 0 amide bonds. The predicted molar refractivity (Wildman–Crippen MR) is 232 cm³/mol. The van der Waals surface area contributed by atoms with Crippen LogP contribution in [0.4, 0.5) is 0 Å². The summed E-state index contributed by atoms with van der Waals surface area (Å²) in [4.78, 5) is 36.8. The number of ether oxygens (including phenoxy) is 4. The first kappa shape index (κ1) is 54.0. The molecule has 0 aromatic rings. The van der Waals surface area contributed by atoms with Gasteiger partial charge in [-0.1, -0.05) is 158 Å². The number of unbranched alkanes of at least 4 members (excludes halogenated alkanes) is 15. The van der Waals surface area contributed by atoms with E-state index in [1.54, 1.807) is 0 Å². The van der Waals surface area contributed by atoms with E-state index in [-0.39, 0.29) is 38.6 Å². The van der Waals surface area contributed by atoms with E-state index in [0.29, 0.717) is 17.4 Å². The maximum absolute atomic E-state index is 12.7. The summed E-state index contributed by atoms with van der Waals surface area (Å²) < 4.78 is 22.4. The fourth-order valence-electron chi connectivity index (χ4n) is 5.80. The summed E-state index contributed by atoms with van der Waals surface area (Å²) in [5.41, 5.74) is 0. The van der Waals surface area contributed by atoms with Crippen LogP contribution in [0.15, 0.2) is 60.8 Å². The summed E-state index contributed by atoms with van der Waals surface area (Å²) in [7, 11) is 5.89. The molecule has 328 valence electrons. The third-order valence-electron chi connectivity index (χ3n) is 9.28. The molecule has 0 fully saturated rings. The maximum Gasteiger partial charge on any atom is 0.306 e. The molecule has 0 aliphatic carbocycles. The molecule has 0 radical (unpaired) electrons. The molecule has 2 atom stereocenters. The molecule has 0 aromatic carbocycles. The van der Waals surface area contributed by atoms with Crippen molar-refractivity contribution in [3.63, 3.8) is 0 Å². The van der Waals surface area contributed by atoms with Crippen molar-refractivity contribution in [2.24, 2.45) is 0 Å². The average molecular weight is 802 g/mol. The van der Waals surface area contributed by atoms with E-state index in [0.717, 1.165) is 77.0 Å². The predicted octanol–water partition coefficient (Wildman–Crippen LogP) is 10.4. The number of aliphatic carboxylic acids is 1. The molecule has 0 saturated carbocycles. The smallest absolute Gasteiger partial charge is 0.306 e. The van der Waals surface area contributed by atoms with Crippen LogP contribution in [0.25, 0.3) is 0 Å². The molecule has 0 saturated heterocycles. The van der Waals surface area contributed by atoms with E-state index in [1.165, 1.54) is 57.8 Å². The number of quaternary nitrogens is 1. The topological polar surface area (TPSA) is 111 Å². The van der Waals surface area contributed by atoms with Crippen molar-refractivity contribution >= 4 is 17.9 Å². The van der Waals surface area contributed by atoms with Crippen molar-refractivity contribution in [1.82, 2.24) is 0 Å². The minimum Gasteiger partial charge on any atom is -0.545 e. The standard InChI is InChI=1S/C48H83NO8/c1-6-8-10-12-14-15-16-17-18-19-20-21-22-23-24-25-26-27-28-29-30-31-33-35-37-39-46(51)57-44(42-55-45(50)38-36-34-32-13-11-9-7-2)43-56-48(47(52)53)54-41-40-49(3,4)5/h8,10,14-15,17-18,20-21,23-24,44,48H,6-7,9,11-13,16,19,22,25-43H2,1-5H3/b10-8-,15-14-,18-17-,21-20-,24-23-. The molecule has 2 unspecified atom stereocenters. The molecule has 0 aromatic heterocycles. The number of carbonyl (C=O) groups excluding carboxylic acids is 3. The number of carbonyl (C=O) groups is 3. The van der Waals surface area contributed by atoms with Crippen LogP contribution in [0.1, 0.15) is 168 Å². The second kappa shape index (κ2) is 39.8. The van der Waals surface area contributed by atoms with E-state index in [9.17, 15) is 19.5 Å². The van der Waals surface area contributed by atoms with Crippen molar-refractivity contribution < 1.29 is 42.9 Å². The summed E-state index contributed by atoms with van der Waals surface area (Å²) in [5, 5.41) is 11.6. The van der Waals surface area contributed by atoms with Crippen molar-refractivity contribution in [3.8, 4) is 0 Å². The van der Waals surface area contributed by atoms with Gasteiger partial charge >= 0.3 is 11.9 Å². The Bertz CT molecular complexity index is 1120. The quantitative estimate of drug-likeness (QED) is 0.0198. The van der Waals surface area contributed by atoms with Crippen LogP contribution in [0.3, 0.4) is 0 Å². The van der Waals surface area contributed by atoms with E-state index in [4.69, 9.17) is 18.9 Å². The van der Waals surface area contributed by atoms with Crippen LogP contribution in [-0.4, -0.2) is 82.3 Å². The fraction of sp³-hybridized carbons (Fsp3) is 0.729. The minimum atomic E-state index is -1.62. The van der Waals surface area contributed by atoms with Gasteiger partial charge in [0.2, 0.25) is 0 Å². The van der Waals surface area contributed by atoms with Crippen LogP contribution in [0, 0.1) is 0 Å². The Morgan fingerprint density at radius 3 is 1.49 bits per heavy atom. The molecule has 0 spiro atoms. The van der Waals surface area contributed by atoms with Gasteiger partial charge in [-0.3, -0.25) is 9.59 Å². The zero-order valence-corrected chi connectivity index (χ0v) is 36.9. The van der Waals surface area contributed by atoms with E-state index in [2.05, 4.69) is 74.6 Å². The highest BCUT2D eigenvalue weighted by Gasteiger charge is 2.21. The number of nitrogens with zero attached hydrogens (tertiary/aromatic N) is 1. The van der Waals surface area contributed by atoms with Crippen LogP contribution < -0.4 is 5.11 Å². The zero-order valence-electron chi connectivity index (χ0n) is 36.9. The number of hydrogen-bond acceptors (Lipinski definition) is 8. The fourth-order valence-corrected chi connectivity index (χ4v) is 5.80. The Hall–Kier alpha value is -3.01. The number of carboxylic acids is 1. The zero-order chi connectivity index (χ0) is 42.1. The number of esters is 2. The average Bonchev–Trinajstić information content (AvgIpc) is 3.17. The summed E-state index contributed by atoms with van der Waals surface area (Å²) in [6, 6.07) is 0. The van der Waals surface area contributed by atoms with Gasteiger partial charge in [-0.15, -0.1) is 0 Å².